The highest BCUT2D eigenvalue weighted by Crippen LogP contribution is 2.28. The first-order chi connectivity index (χ1) is 13.2. The number of nitriles is 1. The maximum atomic E-state index is 12.7. The minimum atomic E-state index is 0.0172. The van der Waals surface area contributed by atoms with Gasteiger partial charge in [0.25, 0.3) is 5.91 Å². The van der Waals surface area contributed by atoms with Gasteiger partial charge in [-0.2, -0.15) is 5.26 Å². The molecule has 1 amide bonds. The first-order valence-electron chi connectivity index (χ1n) is 8.75. The third-order valence-electron chi connectivity index (χ3n) is 4.81. The molecule has 1 aliphatic heterocycles. The Morgan fingerprint density at radius 1 is 1.04 bits per heavy atom. The topological polar surface area (TPSA) is 60.2 Å². The van der Waals surface area contributed by atoms with E-state index < -0.39 is 0 Å². The molecule has 0 bridgehead atoms. The van der Waals surface area contributed by atoms with Crippen LogP contribution in [0.2, 0.25) is 5.02 Å². The summed E-state index contributed by atoms with van der Waals surface area (Å²) in [5.74, 6) is 0.0172. The van der Waals surface area contributed by atoms with Gasteiger partial charge >= 0.3 is 0 Å². The van der Waals surface area contributed by atoms with Gasteiger partial charge < -0.3 is 9.80 Å². The molecule has 0 atom stereocenters. The van der Waals surface area contributed by atoms with Gasteiger partial charge in [0, 0.05) is 47.8 Å². The number of hydrogen-bond donors (Lipinski definition) is 0. The fourth-order valence-electron chi connectivity index (χ4n) is 3.40. The quantitative estimate of drug-likeness (QED) is 0.683. The maximum Gasteiger partial charge on any atom is 0.253 e. The lowest BCUT2D eigenvalue weighted by molar-refractivity contribution is 0.0747. The van der Waals surface area contributed by atoms with Crippen molar-refractivity contribution in [3.05, 3.63) is 70.9 Å². The Morgan fingerprint density at radius 2 is 1.74 bits per heavy atom. The van der Waals surface area contributed by atoms with E-state index >= 15 is 0 Å². The molecule has 1 aliphatic rings. The number of anilines is 1. The monoisotopic (exact) mass is 376 g/mol. The van der Waals surface area contributed by atoms with Gasteiger partial charge in [-0.15, -0.1) is 0 Å². The second kappa shape index (κ2) is 7.26. The van der Waals surface area contributed by atoms with Crippen LogP contribution in [0, 0.1) is 11.3 Å². The zero-order valence-electron chi connectivity index (χ0n) is 14.6. The Hall–Kier alpha value is -3.10. The van der Waals surface area contributed by atoms with E-state index in [4.69, 9.17) is 11.6 Å². The van der Waals surface area contributed by atoms with Crippen LogP contribution in [0.25, 0.3) is 10.9 Å². The standard InChI is InChI=1S/C21H17ClN4O/c22-16-7-5-15(6-8-16)21(27)26-11-9-25(10-12-26)20-13-17(14-23)24-19-4-2-1-3-18(19)20/h1-8,13H,9-12H2. The third kappa shape index (κ3) is 3.44. The highest BCUT2D eigenvalue weighted by atomic mass is 35.5. The minimum Gasteiger partial charge on any atom is -0.367 e. The van der Waals surface area contributed by atoms with Crippen LogP contribution in [0.4, 0.5) is 5.69 Å². The lowest BCUT2D eigenvalue weighted by Crippen LogP contribution is -2.48. The van der Waals surface area contributed by atoms with E-state index in [1.54, 1.807) is 24.3 Å². The van der Waals surface area contributed by atoms with Crippen molar-refractivity contribution in [1.82, 2.24) is 9.88 Å². The molecule has 0 radical (unpaired) electrons. The molecule has 5 nitrogen and oxygen atoms in total. The van der Waals surface area contributed by atoms with Crippen LogP contribution >= 0.6 is 11.6 Å². The van der Waals surface area contributed by atoms with Crippen LogP contribution in [-0.2, 0) is 0 Å². The Balaban J connectivity index is 1.54. The second-order valence-corrected chi connectivity index (χ2v) is 6.88. The van der Waals surface area contributed by atoms with Gasteiger partial charge in [0.1, 0.15) is 11.8 Å². The molecule has 0 aliphatic carbocycles. The summed E-state index contributed by atoms with van der Waals surface area (Å²) in [4.78, 5) is 21.1. The second-order valence-electron chi connectivity index (χ2n) is 6.44. The lowest BCUT2D eigenvalue weighted by atomic mass is 10.1. The van der Waals surface area contributed by atoms with Crippen molar-refractivity contribution >= 4 is 34.1 Å². The highest BCUT2D eigenvalue weighted by Gasteiger charge is 2.23. The van der Waals surface area contributed by atoms with Crippen LogP contribution < -0.4 is 4.90 Å². The number of fused-ring (bicyclic) bond motifs is 1. The van der Waals surface area contributed by atoms with Crippen LogP contribution in [0.3, 0.4) is 0 Å². The van der Waals surface area contributed by atoms with E-state index in [0.717, 1.165) is 16.6 Å². The molecule has 2 heterocycles. The number of rotatable bonds is 2. The van der Waals surface area contributed by atoms with Crippen LogP contribution in [-0.4, -0.2) is 42.0 Å². The molecule has 0 N–H and O–H groups in total. The van der Waals surface area contributed by atoms with Crippen molar-refractivity contribution in [2.45, 2.75) is 0 Å². The first-order valence-corrected chi connectivity index (χ1v) is 9.13. The molecule has 2 aromatic carbocycles. The number of carbonyl (C=O) groups excluding carboxylic acids is 1. The van der Waals surface area contributed by atoms with Crippen LogP contribution in [0.1, 0.15) is 16.1 Å². The minimum absolute atomic E-state index is 0.0172. The molecular weight excluding hydrogens is 360 g/mol. The van der Waals surface area contributed by atoms with Crippen molar-refractivity contribution in [2.24, 2.45) is 0 Å². The van der Waals surface area contributed by atoms with Crippen molar-refractivity contribution in [1.29, 1.82) is 5.26 Å². The van der Waals surface area contributed by atoms with Gasteiger partial charge in [-0.1, -0.05) is 29.8 Å². The number of hydrogen-bond acceptors (Lipinski definition) is 4. The number of piperazine rings is 1. The maximum absolute atomic E-state index is 12.7. The predicted octanol–water partition coefficient (Wildman–Crippen LogP) is 3.72. The van der Waals surface area contributed by atoms with Gasteiger partial charge in [0.05, 0.1) is 5.52 Å². The molecular formula is C21H17ClN4O. The Kier molecular flexibility index (Phi) is 4.66. The summed E-state index contributed by atoms with van der Waals surface area (Å²) < 4.78 is 0. The van der Waals surface area contributed by atoms with Crippen molar-refractivity contribution in [2.75, 3.05) is 31.1 Å². The molecule has 1 saturated heterocycles. The number of nitrogens with zero attached hydrogens (tertiary/aromatic N) is 4. The van der Waals surface area contributed by atoms with E-state index in [-0.39, 0.29) is 5.91 Å². The molecule has 6 heteroatoms. The van der Waals surface area contributed by atoms with Crippen LogP contribution in [0.15, 0.2) is 54.6 Å². The molecule has 0 unspecified atom stereocenters. The molecule has 3 aromatic rings. The van der Waals surface area contributed by atoms with Gasteiger partial charge in [0.15, 0.2) is 0 Å². The number of halogens is 1. The van der Waals surface area contributed by atoms with Crippen molar-refractivity contribution in [3.8, 4) is 6.07 Å². The Labute approximate surface area is 162 Å². The predicted molar refractivity (Wildman–Crippen MR) is 106 cm³/mol. The SMILES string of the molecule is N#Cc1cc(N2CCN(C(=O)c3ccc(Cl)cc3)CC2)c2ccccc2n1. The molecule has 134 valence electrons. The number of carbonyl (C=O) groups is 1. The number of pyridine rings is 1. The summed E-state index contributed by atoms with van der Waals surface area (Å²) in [5.41, 5.74) is 2.86. The molecule has 27 heavy (non-hydrogen) atoms. The van der Waals surface area contributed by atoms with Crippen LogP contribution in [0.5, 0.6) is 0 Å². The van der Waals surface area contributed by atoms with E-state index in [0.29, 0.717) is 42.5 Å². The lowest BCUT2D eigenvalue weighted by Gasteiger charge is -2.36. The fraction of sp³-hybridized carbons (Fsp3) is 0.190. The summed E-state index contributed by atoms with van der Waals surface area (Å²) in [6.07, 6.45) is 0. The van der Waals surface area contributed by atoms with Crippen molar-refractivity contribution in [3.63, 3.8) is 0 Å². The normalized spacial score (nSPS) is 14.2. The van der Waals surface area contributed by atoms with Gasteiger partial charge in [-0.05, 0) is 36.4 Å². The molecule has 1 fully saturated rings. The van der Waals surface area contributed by atoms with Gasteiger partial charge in [0.2, 0.25) is 0 Å². The largest absolute Gasteiger partial charge is 0.367 e. The zero-order chi connectivity index (χ0) is 18.8. The molecule has 1 aromatic heterocycles. The summed E-state index contributed by atoms with van der Waals surface area (Å²) >= 11 is 5.90. The summed E-state index contributed by atoms with van der Waals surface area (Å²) in [6, 6.07) is 18.8. The molecule has 4 rings (SSSR count). The van der Waals surface area contributed by atoms with Gasteiger partial charge in [-0.25, -0.2) is 4.98 Å². The van der Waals surface area contributed by atoms with E-state index in [2.05, 4.69) is 16.0 Å². The Morgan fingerprint density at radius 3 is 2.44 bits per heavy atom. The first kappa shape index (κ1) is 17.3. The summed E-state index contributed by atoms with van der Waals surface area (Å²) in [5, 5.41) is 10.9. The number of amides is 1. The zero-order valence-corrected chi connectivity index (χ0v) is 15.4. The summed E-state index contributed by atoms with van der Waals surface area (Å²) in [7, 11) is 0. The Bertz CT molecular complexity index is 1030. The van der Waals surface area contributed by atoms with E-state index in [9.17, 15) is 10.1 Å². The number of aromatic nitrogens is 1. The third-order valence-corrected chi connectivity index (χ3v) is 5.06. The van der Waals surface area contributed by atoms with Crippen molar-refractivity contribution < 1.29 is 4.79 Å². The average molecular weight is 377 g/mol. The molecule has 0 saturated carbocycles. The smallest absolute Gasteiger partial charge is 0.253 e. The number of para-hydroxylation sites is 1. The summed E-state index contributed by atoms with van der Waals surface area (Å²) in [6.45, 7) is 2.66. The van der Waals surface area contributed by atoms with E-state index in [1.807, 2.05) is 35.2 Å². The van der Waals surface area contributed by atoms with E-state index in [1.165, 1.54) is 0 Å². The number of benzene rings is 2. The fourth-order valence-corrected chi connectivity index (χ4v) is 3.53. The molecule has 0 spiro atoms. The average Bonchev–Trinajstić information content (AvgIpc) is 2.73. The van der Waals surface area contributed by atoms with Gasteiger partial charge in [-0.3, -0.25) is 4.79 Å². The highest BCUT2D eigenvalue weighted by molar-refractivity contribution is 6.30.